The second-order valence-electron chi connectivity index (χ2n) is 4.04. The number of aliphatic hydroxyl groups is 1. The van der Waals surface area contributed by atoms with Crippen molar-refractivity contribution >= 4 is 17.8 Å². The molecular formula is C12H17F2NO5. The molecular weight excluding hydrogens is 276 g/mol. The van der Waals surface area contributed by atoms with Crippen LogP contribution in [0.1, 0.15) is 26.2 Å². The van der Waals surface area contributed by atoms with Crippen LogP contribution < -0.4 is 5.32 Å². The Morgan fingerprint density at radius 2 is 1.80 bits per heavy atom. The summed E-state index contributed by atoms with van der Waals surface area (Å²) in [5, 5.41) is 10.4. The quantitative estimate of drug-likeness (QED) is 0.503. The predicted molar refractivity (Wildman–Crippen MR) is 64.8 cm³/mol. The first-order valence-electron chi connectivity index (χ1n) is 5.86. The van der Waals surface area contributed by atoms with Crippen LogP contribution >= 0.6 is 0 Å². The van der Waals surface area contributed by atoms with Gasteiger partial charge in [0.05, 0.1) is 13.0 Å². The first-order chi connectivity index (χ1) is 9.27. The number of aliphatic hydroxyl groups excluding tert-OH is 1. The molecule has 1 atom stereocenters. The number of carbonyl (C=O) groups is 3. The normalized spacial score (nSPS) is 11.8. The number of imide groups is 1. The topological polar surface area (TPSA) is 92.7 Å². The zero-order valence-electron chi connectivity index (χ0n) is 11.0. The molecule has 8 heteroatoms. The number of halogens is 2. The Morgan fingerprint density at radius 1 is 1.25 bits per heavy atom. The van der Waals surface area contributed by atoms with Gasteiger partial charge in [-0.05, 0) is 13.3 Å². The first kappa shape index (κ1) is 18.2. The lowest BCUT2D eigenvalue weighted by molar-refractivity contribution is -0.153. The molecule has 0 aromatic rings. The summed E-state index contributed by atoms with van der Waals surface area (Å²) in [4.78, 5) is 33.3. The third-order valence-electron chi connectivity index (χ3n) is 2.16. The maximum Gasteiger partial charge on any atom is 0.333 e. The van der Waals surface area contributed by atoms with Crippen LogP contribution in [0.2, 0.25) is 0 Å². The van der Waals surface area contributed by atoms with Crippen molar-refractivity contribution in [3.8, 4) is 0 Å². The fourth-order valence-corrected chi connectivity index (χ4v) is 1.13. The number of hydrogen-bond acceptors (Lipinski definition) is 5. The average Bonchev–Trinajstić information content (AvgIpc) is 2.33. The Bertz CT molecular complexity index is 384. The van der Waals surface area contributed by atoms with Crippen molar-refractivity contribution in [2.45, 2.75) is 38.7 Å². The summed E-state index contributed by atoms with van der Waals surface area (Å²) in [7, 11) is 0. The van der Waals surface area contributed by atoms with Gasteiger partial charge in [0.15, 0.2) is 6.10 Å². The van der Waals surface area contributed by atoms with E-state index in [4.69, 9.17) is 5.11 Å². The van der Waals surface area contributed by atoms with E-state index < -0.39 is 49.8 Å². The van der Waals surface area contributed by atoms with E-state index in [-0.39, 0.29) is 12.0 Å². The van der Waals surface area contributed by atoms with Crippen molar-refractivity contribution in [1.82, 2.24) is 5.32 Å². The first-order valence-corrected chi connectivity index (χ1v) is 5.86. The SMILES string of the molecule is C=C(C)C(=O)OC(CCC(=O)NC(=O)CCO)C(F)F. The van der Waals surface area contributed by atoms with Crippen LogP contribution in [0.15, 0.2) is 12.2 Å². The second kappa shape index (κ2) is 9.13. The highest BCUT2D eigenvalue weighted by Gasteiger charge is 2.25. The number of amides is 2. The summed E-state index contributed by atoms with van der Waals surface area (Å²) < 4.78 is 29.7. The Labute approximate surface area is 114 Å². The Kier molecular flexibility index (Phi) is 8.30. The fraction of sp³-hybridized carbons (Fsp3) is 0.583. The smallest absolute Gasteiger partial charge is 0.333 e. The molecule has 0 aliphatic heterocycles. The maximum atomic E-state index is 12.6. The molecule has 0 spiro atoms. The van der Waals surface area contributed by atoms with Gasteiger partial charge < -0.3 is 9.84 Å². The van der Waals surface area contributed by atoms with Gasteiger partial charge in [0.25, 0.3) is 6.43 Å². The lowest BCUT2D eigenvalue weighted by Crippen LogP contribution is -2.33. The number of alkyl halides is 2. The summed E-state index contributed by atoms with van der Waals surface area (Å²) in [6.45, 7) is 4.14. The summed E-state index contributed by atoms with van der Waals surface area (Å²) in [6, 6.07) is 0. The Balaban J connectivity index is 4.27. The standard InChI is InChI=1S/C12H17F2NO5/c1-7(2)12(19)20-8(11(13)14)3-4-9(17)15-10(18)5-6-16/h8,11,16H,1,3-6H2,2H3,(H,15,17,18). The molecule has 2 N–H and O–H groups in total. The molecule has 0 aromatic carbocycles. The number of rotatable bonds is 8. The predicted octanol–water partition coefficient (Wildman–Crippen LogP) is 0.545. The van der Waals surface area contributed by atoms with Crippen molar-refractivity contribution < 1.29 is 33.0 Å². The van der Waals surface area contributed by atoms with Gasteiger partial charge >= 0.3 is 5.97 Å². The molecule has 0 aliphatic carbocycles. The van der Waals surface area contributed by atoms with Gasteiger partial charge in [-0.1, -0.05) is 6.58 Å². The zero-order valence-corrected chi connectivity index (χ0v) is 11.0. The molecule has 0 rings (SSSR count). The number of carbonyl (C=O) groups excluding carboxylic acids is 3. The van der Waals surface area contributed by atoms with Crippen LogP contribution in [0.25, 0.3) is 0 Å². The lowest BCUT2D eigenvalue weighted by Gasteiger charge is -2.16. The summed E-state index contributed by atoms with van der Waals surface area (Å²) in [6.07, 6.45) is -5.77. The van der Waals surface area contributed by atoms with Crippen molar-refractivity contribution in [2.75, 3.05) is 6.61 Å². The van der Waals surface area contributed by atoms with Gasteiger partial charge in [0.1, 0.15) is 0 Å². The van der Waals surface area contributed by atoms with E-state index >= 15 is 0 Å². The monoisotopic (exact) mass is 293 g/mol. The van der Waals surface area contributed by atoms with Gasteiger partial charge in [0.2, 0.25) is 11.8 Å². The average molecular weight is 293 g/mol. The molecule has 1 unspecified atom stereocenters. The van der Waals surface area contributed by atoms with Crippen LogP contribution in [0, 0.1) is 0 Å². The van der Waals surface area contributed by atoms with Crippen LogP contribution in [0.4, 0.5) is 8.78 Å². The molecule has 2 amide bonds. The highest BCUT2D eigenvalue weighted by atomic mass is 19.3. The lowest BCUT2D eigenvalue weighted by atomic mass is 10.2. The maximum absolute atomic E-state index is 12.6. The van der Waals surface area contributed by atoms with Crippen LogP contribution in [-0.2, 0) is 19.1 Å². The highest BCUT2D eigenvalue weighted by molar-refractivity contribution is 5.95. The van der Waals surface area contributed by atoms with Crippen molar-refractivity contribution in [1.29, 1.82) is 0 Å². The third kappa shape index (κ3) is 7.57. The second-order valence-corrected chi connectivity index (χ2v) is 4.04. The van der Waals surface area contributed by atoms with Crippen LogP contribution in [-0.4, -0.2) is 42.0 Å². The minimum absolute atomic E-state index is 0.0294. The van der Waals surface area contributed by atoms with Crippen molar-refractivity contribution in [3.63, 3.8) is 0 Å². The number of ether oxygens (including phenoxy) is 1. The molecule has 0 aliphatic rings. The number of nitrogens with one attached hydrogen (secondary N) is 1. The van der Waals surface area contributed by atoms with E-state index in [1.54, 1.807) is 0 Å². The molecule has 0 fully saturated rings. The van der Waals surface area contributed by atoms with Gasteiger partial charge in [-0.15, -0.1) is 0 Å². The number of esters is 1. The molecule has 114 valence electrons. The van der Waals surface area contributed by atoms with E-state index in [0.29, 0.717) is 0 Å². The fourth-order valence-electron chi connectivity index (χ4n) is 1.13. The van der Waals surface area contributed by atoms with Gasteiger partial charge in [-0.25, -0.2) is 13.6 Å². The summed E-state index contributed by atoms with van der Waals surface area (Å²) in [5.74, 6) is -2.45. The number of hydrogen-bond donors (Lipinski definition) is 2. The molecule has 0 heterocycles. The molecule has 0 bridgehead atoms. The minimum Gasteiger partial charge on any atom is -0.453 e. The third-order valence-corrected chi connectivity index (χ3v) is 2.16. The van der Waals surface area contributed by atoms with Crippen molar-refractivity contribution in [2.24, 2.45) is 0 Å². The summed E-state index contributed by atoms with van der Waals surface area (Å²) >= 11 is 0. The summed E-state index contributed by atoms with van der Waals surface area (Å²) in [5.41, 5.74) is -0.0294. The molecule has 20 heavy (non-hydrogen) atoms. The van der Waals surface area contributed by atoms with Crippen LogP contribution in [0.5, 0.6) is 0 Å². The Hall–Kier alpha value is -1.83. The highest BCUT2D eigenvalue weighted by Crippen LogP contribution is 2.14. The molecule has 6 nitrogen and oxygen atoms in total. The van der Waals surface area contributed by atoms with Gasteiger partial charge in [0, 0.05) is 12.0 Å². The molecule has 0 saturated heterocycles. The minimum atomic E-state index is -2.95. The molecule has 0 saturated carbocycles. The Morgan fingerprint density at radius 3 is 2.25 bits per heavy atom. The van der Waals surface area contributed by atoms with Crippen molar-refractivity contribution in [3.05, 3.63) is 12.2 Å². The van der Waals surface area contributed by atoms with Gasteiger partial charge in [-0.2, -0.15) is 0 Å². The van der Waals surface area contributed by atoms with E-state index in [1.807, 2.05) is 5.32 Å². The molecule has 0 radical (unpaired) electrons. The van der Waals surface area contributed by atoms with E-state index in [0.717, 1.165) is 0 Å². The largest absolute Gasteiger partial charge is 0.453 e. The van der Waals surface area contributed by atoms with E-state index in [2.05, 4.69) is 11.3 Å². The van der Waals surface area contributed by atoms with Crippen LogP contribution in [0.3, 0.4) is 0 Å². The van der Waals surface area contributed by atoms with E-state index in [1.165, 1.54) is 6.92 Å². The van der Waals surface area contributed by atoms with Gasteiger partial charge in [-0.3, -0.25) is 14.9 Å². The zero-order chi connectivity index (χ0) is 15.7. The van der Waals surface area contributed by atoms with E-state index in [9.17, 15) is 23.2 Å². The molecule has 0 aromatic heterocycles.